The second-order valence-electron chi connectivity index (χ2n) is 6.29. The van der Waals surface area contributed by atoms with Crippen LogP contribution in [-0.4, -0.2) is 34.5 Å². The van der Waals surface area contributed by atoms with Crippen LogP contribution < -0.4 is 10.6 Å². The van der Waals surface area contributed by atoms with Crippen LogP contribution in [0.1, 0.15) is 41.3 Å². The molecule has 0 fully saturated rings. The molecule has 0 saturated heterocycles. The molecule has 0 aliphatic carbocycles. The quantitative estimate of drug-likeness (QED) is 0.601. The number of nitrogens with one attached hydrogen (secondary N) is 2. The molecule has 0 spiro atoms. The molecule has 0 radical (unpaired) electrons. The van der Waals surface area contributed by atoms with Crippen LogP contribution in [0.15, 0.2) is 41.8 Å². The summed E-state index contributed by atoms with van der Waals surface area (Å²) >= 11 is 1.32. The molecule has 6 nitrogen and oxygen atoms in total. The lowest BCUT2D eigenvalue weighted by Gasteiger charge is -2.15. The number of alkyl halides is 2. The number of rotatable bonds is 8. The second kappa shape index (κ2) is 8.92. The number of benzene rings is 1. The van der Waals surface area contributed by atoms with E-state index >= 15 is 0 Å². The highest BCUT2D eigenvalue weighted by atomic mass is 32.1. The summed E-state index contributed by atoms with van der Waals surface area (Å²) in [7, 11) is 0. The molecule has 1 aromatic carbocycles. The number of halogens is 2. The number of thiophene rings is 1. The Labute approximate surface area is 164 Å². The Morgan fingerprint density at radius 1 is 1.18 bits per heavy atom. The lowest BCUT2D eigenvalue weighted by molar-refractivity contribution is -0.121. The Bertz CT molecular complexity index is 956. The zero-order chi connectivity index (χ0) is 20.1. The molecule has 2 N–H and O–H groups in total. The first-order chi connectivity index (χ1) is 13.5. The molecular weight excluding hydrogens is 386 g/mol. The van der Waals surface area contributed by atoms with Crippen LogP contribution in [0.25, 0.3) is 11.0 Å². The van der Waals surface area contributed by atoms with Gasteiger partial charge in [0.2, 0.25) is 5.91 Å². The van der Waals surface area contributed by atoms with Crippen molar-refractivity contribution in [2.75, 3.05) is 13.1 Å². The highest BCUT2D eigenvalue weighted by Crippen LogP contribution is 2.27. The van der Waals surface area contributed by atoms with Crippen LogP contribution in [0.5, 0.6) is 0 Å². The summed E-state index contributed by atoms with van der Waals surface area (Å²) in [5.41, 5.74) is 0.856. The first-order valence-corrected chi connectivity index (χ1v) is 9.68. The molecule has 1 atom stereocenters. The van der Waals surface area contributed by atoms with Gasteiger partial charge in [0.05, 0.1) is 15.9 Å². The zero-order valence-corrected chi connectivity index (χ0v) is 16.0. The monoisotopic (exact) mass is 406 g/mol. The van der Waals surface area contributed by atoms with Crippen molar-refractivity contribution in [1.82, 2.24) is 20.2 Å². The Kier molecular flexibility index (Phi) is 6.35. The van der Waals surface area contributed by atoms with E-state index in [2.05, 4.69) is 15.6 Å². The first kappa shape index (κ1) is 19.9. The molecule has 2 amide bonds. The highest BCUT2D eigenvalue weighted by molar-refractivity contribution is 7.12. The maximum Gasteiger partial charge on any atom is 0.320 e. The van der Waals surface area contributed by atoms with E-state index in [1.807, 2.05) is 0 Å². The van der Waals surface area contributed by atoms with Gasteiger partial charge in [-0.2, -0.15) is 8.78 Å². The number of fused-ring (bicyclic) bond motifs is 1. The number of imidazole rings is 1. The molecule has 9 heteroatoms. The van der Waals surface area contributed by atoms with E-state index in [0.717, 1.165) is 4.57 Å². The summed E-state index contributed by atoms with van der Waals surface area (Å²) in [6.07, 6.45) is 0.106. The lowest BCUT2D eigenvalue weighted by atomic mass is 10.1. The Morgan fingerprint density at radius 2 is 1.96 bits per heavy atom. The molecule has 2 heterocycles. The van der Waals surface area contributed by atoms with Crippen LogP contribution >= 0.6 is 11.3 Å². The van der Waals surface area contributed by atoms with Crippen molar-refractivity contribution in [3.8, 4) is 0 Å². The fourth-order valence-corrected chi connectivity index (χ4v) is 3.49. The molecular formula is C19H20F2N4O2S. The molecule has 1 unspecified atom stereocenters. The second-order valence-corrected chi connectivity index (χ2v) is 7.24. The van der Waals surface area contributed by atoms with Crippen molar-refractivity contribution in [1.29, 1.82) is 0 Å². The first-order valence-electron chi connectivity index (χ1n) is 8.80. The van der Waals surface area contributed by atoms with Gasteiger partial charge in [0.1, 0.15) is 5.82 Å². The van der Waals surface area contributed by atoms with E-state index in [1.54, 1.807) is 48.7 Å². The summed E-state index contributed by atoms with van der Waals surface area (Å²) in [5.74, 6) is -0.659. The number of carbonyl (C=O) groups is 2. The highest BCUT2D eigenvalue weighted by Gasteiger charge is 2.22. The average Bonchev–Trinajstić information content (AvgIpc) is 3.33. The van der Waals surface area contributed by atoms with Gasteiger partial charge in [0.25, 0.3) is 5.91 Å². The Balaban J connectivity index is 1.53. The average molecular weight is 406 g/mol. The molecule has 0 aliphatic rings. The van der Waals surface area contributed by atoms with E-state index in [1.165, 1.54) is 11.3 Å². The van der Waals surface area contributed by atoms with Crippen LogP contribution in [0.4, 0.5) is 8.78 Å². The third-order valence-electron chi connectivity index (χ3n) is 4.25. The van der Waals surface area contributed by atoms with Gasteiger partial charge in [-0.3, -0.25) is 14.2 Å². The van der Waals surface area contributed by atoms with Crippen LogP contribution in [-0.2, 0) is 4.79 Å². The van der Waals surface area contributed by atoms with E-state index in [9.17, 15) is 18.4 Å². The number of carbonyl (C=O) groups excluding carboxylic acids is 2. The van der Waals surface area contributed by atoms with Gasteiger partial charge in [-0.1, -0.05) is 25.1 Å². The Hall–Kier alpha value is -2.81. The smallest absolute Gasteiger partial charge is 0.320 e. The molecule has 0 saturated carbocycles. The van der Waals surface area contributed by atoms with E-state index in [-0.39, 0.29) is 37.1 Å². The third-order valence-corrected chi connectivity index (χ3v) is 5.12. The maximum absolute atomic E-state index is 13.5. The molecule has 0 aliphatic heterocycles. The van der Waals surface area contributed by atoms with E-state index in [4.69, 9.17) is 0 Å². The summed E-state index contributed by atoms with van der Waals surface area (Å²) in [6, 6.07) is 10.2. The predicted octanol–water partition coefficient (Wildman–Crippen LogP) is 3.53. The van der Waals surface area contributed by atoms with Gasteiger partial charge >= 0.3 is 6.55 Å². The number of aromatic nitrogens is 2. The maximum atomic E-state index is 13.5. The Morgan fingerprint density at radius 3 is 2.68 bits per heavy atom. The summed E-state index contributed by atoms with van der Waals surface area (Å²) in [4.78, 5) is 28.7. The predicted molar refractivity (Wildman–Crippen MR) is 104 cm³/mol. The van der Waals surface area contributed by atoms with Crippen molar-refractivity contribution >= 4 is 34.2 Å². The summed E-state index contributed by atoms with van der Waals surface area (Å²) < 4.78 is 27.9. The van der Waals surface area contributed by atoms with Crippen molar-refractivity contribution in [2.24, 2.45) is 0 Å². The van der Waals surface area contributed by atoms with Crippen molar-refractivity contribution in [3.63, 3.8) is 0 Å². The summed E-state index contributed by atoms with van der Waals surface area (Å²) in [6.45, 7) is -0.605. The number of nitrogens with zero attached hydrogens (tertiary/aromatic N) is 2. The number of hydrogen-bond acceptors (Lipinski definition) is 4. The van der Waals surface area contributed by atoms with Crippen molar-refractivity contribution < 1.29 is 18.4 Å². The van der Waals surface area contributed by atoms with Gasteiger partial charge in [0, 0.05) is 25.4 Å². The van der Waals surface area contributed by atoms with Gasteiger partial charge in [-0.05, 0) is 23.6 Å². The number of amides is 2. The van der Waals surface area contributed by atoms with Crippen molar-refractivity contribution in [3.05, 3.63) is 52.5 Å². The van der Waals surface area contributed by atoms with Gasteiger partial charge in [-0.15, -0.1) is 11.3 Å². The van der Waals surface area contributed by atoms with Gasteiger partial charge < -0.3 is 10.6 Å². The topological polar surface area (TPSA) is 76.0 Å². The third kappa shape index (κ3) is 4.53. The molecule has 0 bridgehead atoms. The van der Waals surface area contributed by atoms with Crippen LogP contribution in [0.2, 0.25) is 0 Å². The van der Waals surface area contributed by atoms with E-state index < -0.39 is 12.5 Å². The minimum atomic E-state index is -2.71. The molecule has 3 aromatic rings. The van der Waals surface area contributed by atoms with E-state index in [0.29, 0.717) is 15.9 Å². The van der Waals surface area contributed by atoms with Crippen molar-refractivity contribution in [2.45, 2.75) is 25.8 Å². The largest absolute Gasteiger partial charge is 0.355 e. The van der Waals surface area contributed by atoms with Crippen LogP contribution in [0, 0.1) is 0 Å². The molecule has 3 rings (SSSR count). The minimum Gasteiger partial charge on any atom is -0.355 e. The van der Waals surface area contributed by atoms with Gasteiger partial charge in [-0.25, -0.2) is 4.98 Å². The normalized spacial score (nSPS) is 12.3. The van der Waals surface area contributed by atoms with Gasteiger partial charge in [0.15, 0.2) is 0 Å². The minimum absolute atomic E-state index is 0.106. The number of hydrogen-bond donors (Lipinski definition) is 2. The summed E-state index contributed by atoms with van der Waals surface area (Å²) in [5, 5.41) is 7.19. The molecule has 148 valence electrons. The molecule has 2 aromatic heterocycles. The zero-order valence-electron chi connectivity index (χ0n) is 15.2. The molecule has 28 heavy (non-hydrogen) atoms. The standard InChI is InChI=1S/C19H20F2N4O2S/c1-12(17-24-13-5-2-3-6-14(13)25(17)19(20)21)11-23-16(26)8-9-22-18(27)15-7-4-10-28-15/h2-7,10,12,19H,8-9,11H2,1H3,(H,22,27)(H,23,26). The SMILES string of the molecule is CC(CNC(=O)CCNC(=O)c1cccs1)c1nc2ccccc2n1C(F)F. The van der Waals surface area contributed by atoms with Crippen LogP contribution in [0.3, 0.4) is 0 Å². The number of para-hydroxylation sites is 2. The fraction of sp³-hybridized carbons (Fsp3) is 0.316. The lowest BCUT2D eigenvalue weighted by Crippen LogP contribution is -2.32. The fourth-order valence-electron chi connectivity index (χ4n) is 2.85.